The highest BCUT2D eigenvalue weighted by Crippen LogP contribution is 2.31. The molecular formula is C19H15N3O. The van der Waals surface area contributed by atoms with E-state index in [4.69, 9.17) is 4.42 Å². The van der Waals surface area contributed by atoms with Crippen molar-refractivity contribution in [2.75, 3.05) is 5.32 Å². The van der Waals surface area contributed by atoms with Crippen LogP contribution in [0.15, 0.2) is 71.4 Å². The maximum Gasteiger partial charge on any atom is 0.231 e. The van der Waals surface area contributed by atoms with Crippen LogP contribution in [0.3, 0.4) is 0 Å². The van der Waals surface area contributed by atoms with Crippen LogP contribution in [0.1, 0.15) is 5.56 Å². The first kappa shape index (κ1) is 13.5. The highest BCUT2D eigenvalue weighted by atomic mass is 16.3. The summed E-state index contributed by atoms with van der Waals surface area (Å²) in [6, 6.07) is 20.1. The number of para-hydroxylation sites is 1. The standard InChI is InChI=1S/C19H15N3O/c1-13-7-9-14(10-8-13)17-11-16-18(20-12-21-19(16)23-17)22-15-5-3-2-4-6-15/h2-12H,1H3,(H,20,21,22). The second-order valence-electron chi connectivity index (χ2n) is 5.41. The lowest BCUT2D eigenvalue weighted by Crippen LogP contribution is -1.94. The zero-order valence-corrected chi connectivity index (χ0v) is 12.7. The zero-order valence-electron chi connectivity index (χ0n) is 12.7. The Bertz CT molecular complexity index is 943. The van der Waals surface area contributed by atoms with E-state index in [-0.39, 0.29) is 0 Å². The van der Waals surface area contributed by atoms with Crippen molar-refractivity contribution in [2.45, 2.75) is 6.92 Å². The van der Waals surface area contributed by atoms with Gasteiger partial charge in [0.25, 0.3) is 0 Å². The largest absolute Gasteiger partial charge is 0.438 e. The molecule has 0 amide bonds. The van der Waals surface area contributed by atoms with Crippen LogP contribution in [0.25, 0.3) is 22.4 Å². The van der Waals surface area contributed by atoms with Crippen LogP contribution in [-0.2, 0) is 0 Å². The van der Waals surface area contributed by atoms with Crippen molar-refractivity contribution in [3.63, 3.8) is 0 Å². The zero-order chi connectivity index (χ0) is 15.6. The molecule has 112 valence electrons. The Kier molecular flexibility index (Phi) is 3.27. The summed E-state index contributed by atoms with van der Waals surface area (Å²) < 4.78 is 5.88. The molecule has 4 nitrogen and oxygen atoms in total. The number of nitrogens with one attached hydrogen (secondary N) is 1. The van der Waals surface area contributed by atoms with Gasteiger partial charge in [-0.05, 0) is 25.1 Å². The average Bonchev–Trinajstić information content (AvgIpc) is 3.02. The van der Waals surface area contributed by atoms with Crippen molar-refractivity contribution in [1.82, 2.24) is 9.97 Å². The van der Waals surface area contributed by atoms with Crippen molar-refractivity contribution < 1.29 is 4.42 Å². The van der Waals surface area contributed by atoms with Crippen molar-refractivity contribution in [2.24, 2.45) is 0 Å². The highest BCUT2D eigenvalue weighted by Gasteiger charge is 2.12. The van der Waals surface area contributed by atoms with Gasteiger partial charge < -0.3 is 9.73 Å². The molecule has 0 saturated heterocycles. The summed E-state index contributed by atoms with van der Waals surface area (Å²) >= 11 is 0. The third-order valence-electron chi connectivity index (χ3n) is 3.70. The van der Waals surface area contributed by atoms with E-state index in [0.29, 0.717) is 5.71 Å². The number of hydrogen-bond acceptors (Lipinski definition) is 4. The second-order valence-corrected chi connectivity index (χ2v) is 5.41. The smallest absolute Gasteiger partial charge is 0.231 e. The van der Waals surface area contributed by atoms with Crippen molar-refractivity contribution in [3.05, 3.63) is 72.6 Å². The van der Waals surface area contributed by atoms with Gasteiger partial charge in [-0.25, -0.2) is 9.97 Å². The predicted molar refractivity (Wildman–Crippen MR) is 91.7 cm³/mol. The lowest BCUT2D eigenvalue weighted by molar-refractivity contribution is 0.617. The van der Waals surface area contributed by atoms with Crippen molar-refractivity contribution >= 4 is 22.6 Å². The molecule has 0 bridgehead atoms. The molecule has 0 spiro atoms. The van der Waals surface area contributed by atoms with Crippen LogP contribution in [0.4, 0.5) is 11.5 Å². The third kappa shape index (κ3) is 2.66. The van der Waals surface area contributed by atoms with E-state index in [0.717, 1.165) is 28.2 Å². The number of hydrogen-bond donors (Lipinski definition) is 1. The summed E-state index contributed by atoms with van der Waals surface area (Å²) in [7, 11) is 0. The van der Waals surface area contributed by atoms with Crippen LogP contribution < -0.4 is 5.32 Å². The quantitative estimate of drug-likeness (QED) is 0.582. The molecule has 2 aromatic heterocycles. The highest BCUT2D eigenvalue weighted by molar-refractivity contribution is 5.90. The van der Waals surface area contributed by atoms with Gasteiger partial charge in [-0.15, -0.1) is 0 Å². The maximum atomic E-state index is 5.88. The van der Waals surface area contributed by atoms with Gasteiger partial charge in [0.15, 0.2) is 0 Å². The molecule has 4 rings (SSSR count). The molecule has 2 heterocycles. The molecule has 4 heteroatoms. The second kappa shape index (κ2) is 5.57. The number of furan rings is 1. The van der Waals surface area contributed by atoms with Gasteiger partial charge in [-0.1, -0.05) is 48.0 Å². The fourth-order valence-electron chi connectivity index (χ4n) is 2.47. The molecule has 0 aliphatic rings. The first-order valence-corrected chi connectivity index (χ1v) is 7.43. The molecule has 0 aliphatic heterocycles. The molecule has 0 fully saturated rings. The number of nitrogens with zero attached hydrogens (tertiary/aromatic N) is 2. The molecule has 0 saturated carbocycles. The summed E-state index contributed by atoms with van der Waals surface area (Å²) in [5.74, 6) is 1.53. The summed E-state index contributed by atoms with van der Waals surface area (Å²) in [6.07, 6.45) is 1.51. The first-order valence-electron chi connectivity index (χ1n) is 7.43. The van der Waals surface area contributed by atoms with Gasteiger partial charge >= 0.3 is 0 Å². The normalized spacial score (nSPS) is 10.8. The SMILES string of the molecule is Cc1ccc(-c2cc3c(Nc4ccccc4)ncnc3o2)cc1. The average molecular weight is 301 g/mol. The van der Waals surface area contributed by atoms with E-state index in [2.05, 4.69) is 34.3 Å². The minimum atomic E-state index is 0.578. The van der Waals surface area contributed by atoms with E-state index < -0.39 is 0 Å². The van der Waals surface area contributed by atoms with Crippen LogP contribution in [-0.4, -0.2) is 9.97 Å². The molecule has 0 radical (unpaired) electrons. The minimum Gasteiger partial charge on any atom is -0.438 e. The molecular weight excluding hydrogens is 286 g/mol. The summed E-state index contributed by atoms with van der Waals surface area (Å²) in [5.41, 5.74) is 3.80. The number of aromatic nitrogens is 2. The van der Waals surface area contributed by atoms with Gasteiger partial charge in [0, 0.05) is 11.3 Å². The summed E-state index contributed by atoms with van der Waals surface area (Å²) in [5, 5.41) is 4.18. The van der Waals surface area contributed by atoms with Crippen molar-refractivity contribution in [3.8, 4) is 11.3 Å². The van der Waals surface area contributed by atoms with Gasteiger partial charge in [-0.3, -0.25) is 0 Å². The number of fused-ring (bicyclic) bond motifs is 1. The number of rotatable bonds is 3. The number of aryl methyl sites for hydroxylation is 1. The molecule has 0 unspecified atom stereocenters. The van der Waals surface area contributed by atoms with E-state index in [1.54, 1.807) is 0 Å². The van der Waals surface area contributed by atoms with Crippen LogP contribution in [0.2, 0.25) is 0 Å². The fraction of sp³-hybridized carbons (Fsp3) is 0.0526. The molecule has 2 aromatic carbocycles. The lowest BCUT2D eigenvalue weighted by Gasteiger charge is -2.04. The van der Waals surface area contributed by atoms with Gasteiger partial charge in [0.2, 0.25) is 5.71 Å². The van der Waals surface area contributed by atoms with E-state index in [9.17, 15) is 0 Å². The number of anilines is 2. The summed E-state index contributed by atoms with van der Waals surface area (Å²) in [4.78, 5) is 8.57. The van der Waals surface area contributed by atoms with Crippen molar-refractivity contribution in [1.29, 1.82) is 0 Å². The lowest BCUT2D eigenvalue weighted by atomic mass is 10.1. The topological polar surface area (TPSA) is 51.0 Å². The van der Waals surface area contributed by atoms with Crippen LogP contribution in [0, 0.1) is 6.92 Å². The number of benzene rings is 2. The van der Waals surface area contributed by atoms with Gasteiger partial charge in [-0.2, -0.15) is 0 Å². The molecule has 1 N–H and O–H groups in total. The third-order valence-corrected chi connectivity index (χ3v) is 3.70. The fourth-order valence-corrected chi connectivity index (χ4v) is 2.47. The Balaban J connectivity index is 1.77. The molecule has 4 aromatic rings. The minimum absolute atomic E-state index is 0.578. The molecule has 0 atom stereocenters. The molecule has 0 aliphatic carbocycles. The Labute approximate surface area is 133 Å². The Morgan fingerprint density at radius 3 is 2.48 bits per heavy atom. The maximum absolute atomic E-state index is 5.88. The molecule has 23 heavy (non-hydrogen) atoms. The predicted octanol–water partition coefficient (Wildman–Crippen LogP) is 4.94. The van der Waals surface area contributed by atoms with Crippen LogP contribution in [0.5, 0.6) is 0 Å². The van der Waals surface area contributed by atoms with E-state index in [1.807, 2.05) is 48.5 Å². The Morgan fingerprint density at radius 2 is 1.70 bits per heavy atom. The summed E-state index contributed by atoms with van der Waals surface area (Å²) in [6.45, 7) is 2.07. The van der Waals surface area contributed by atoms with E-state index in [1.165, 1.54) is 11.9 Å². The Hall–Kier alpha value is -3.14. The van der Waals surface area contributed by atoms with Crippen LogP contribution >= 0.6 is 0 Å². The van der Waals surface area contributed by atoms with Gasteiger partial charge in [0.05, 0.1) is 5.39 Å². The van der Waals surface area contributed by atoms with E-state index >= 15 is 0 Å². The Morgan fingerprint density at radius 1 is 0.913 bits per heavy atom. The van der Waals surface area contributed by atoms with Gasteiger partial charge in [0.1, 0.15) is 17.9 Å². The monoisotopic (exact) mass is 301 g/mol. The first-order chi connectivity index (χ1) is 11.3.